The molecule has 0 aliphatic carbocycles. The molecule has 1 N–H and O–H groups in total. The first-order valence-corrected chi connectivity index (χ1v) is 13.0. The quantitative estimate of drug-likeness (QED) is 0.213. The Labute approximate surface area is 190 Å². The van der Waals surface area contributed by atoms with Crippen molar-refractivity contribution in [3.63, 3.8) is 0 Å². The summed E-state index contributed by atoms with van der Waals surface area (Å²) in [6.45, 7) is 5.56. The van der Waals surface area contributed by atoms with Crippen molar-refractivity contribution in [3.8, 4) is 0 Å². The van der Waals surface area contributed by atoms with Crippen molar-refractivity contribution in [2.75, 3.05) is 6.54 Å². The van der Waals surface area contributed by atoms with Crippen LogP contribution in [0, 0.1) is 5.92 Å². The number of carbonyl (C=O) groups is 1. The van der Waals surface area contributed by atoms with Crippen molar-refractivity contribution < 1.29 is 4.79 Å². The number of hydrogen-bond acceptors (Lipinski definition) is 2. The molecule has 0 aliphatic rings. The Balaban J connectivity index is 1.80. The third-order valence-electron chi connectivity index (χ3n) is 5.84. The molecule has 0 fully saturated rings. The number of nitrogens with one attached hydrogen (secondary N) is 1. The zero-order valence-electron chi connectivity index (χ0n) is 19.6. The van der Waals surface area contributed by atoms with Gasteiger partial charge in [-0.25, -0.2) is 0 Å². The highest BCUT2D eigenvalue weighted by molar-refractivity contribution is 6.30. The summed E-state index contributed by atoms with van der Waals surface area (Å²) in [7, 11) is 0. The van der Waals surface area contributed by atoms with E-state index in [0.717, 1.165) is 13.0 Å². The lowest BCUT2D eigenvalue weighted by molar-refractivity contribution is -0.124. The predicted octanol–water partition coefficient (Wildman–Crippen LogP) is 7.55. The number of nitrogens with zero attached hydrogens (tertiary/aromatic N) is 2. The topological polar surface area (TPSA) is 46.9 Å². The van der Waals surface area contributed by atoms with Gasteiger partial charge >= 0.3 is 0 Å². The second-order valence-electron chi connectivity index (χ2n) is 8.88. The first kappa shape index (κ1) is 27.0. The molecule has 30 heavy (non-hydrogen) atoms. The number of rotatable bonds is 20. The fourth-order valence-electron chi connectivity index (χ4n) is 3.86. The highest BCUT2D eigenvalue weighted by atomic mass is 35.5. The lowest BCUT2D eigenvalue weighted by Gasteiger charge is -2.12. The van der Waals surface area contributed by atoms with Crippen LogP contribution >= 0.6 is 11.6 Å². The molecule has 1 heterocycles. The maximum Gasteiger partial charge on any atom is 0.224 e. The van der Waals surface area contributed by atoms with Crippen molar-refractivity contribution >= 4 is 17.5 Å². The van der Waals surface area contributed by atoms with E-state index in [2.05, 4.69) is 17.3 Å². The van der Waals surface area contributed by atoms with Gasteiger partial charge in [-0.2, -0.15) is 5.10 Å². The van der Waals surface area contributed by atoms with Crippen LogP contribution in [0.15, 0.2) is 12.4 Å². The number of aromatic nitrogens is 2. The van der Waals surface area contributed by atoms with Crippen molar-refractivity contribution in [2.24, 2.45) is 5.92 Å². The summed E-state index contributed by atoms with van der Waals surface area (Å²) in [6, 6.07) is 0. The Morgan fingerprint density at radius 2 is 1.37 bits per heavy atom. The molecular formula is C25H46ClN3O. The second kappa shape index (κ2) is 18.7. The summed E-state index contributed by atoms with van der Waals surface area (Å²) >= 11 is 5.85. The van der Waals surface area contributed by atoms with Gasteiger partial charge in [0.05, 0.1) is 23.7 Å². The highest BCUT2D eigenvalue weighted by Crippen LogP contribution is 2.13. The molecule has 0 aliphatic heterocycles. The van der Waals surface area contributed by atoms with E-state index < -0.39 is 0 Å². The van der Waals surface area contributed by atoms with Gasteiger partial charge in [-0.3, -0.25) is 9.48 Å². The largest absolute Gasteiger partial charge is 0.356 e. The Bertz CT molecular complexity index is 532. The standard InChI is InChI=1S/C25H46ClN3O/c1-3-4-5-6-7-8-9-10-11-12-13-14-15-16-17-18-19-27-25(30)23(2)21-29-22-24(26)20-28-29/h20,22-23H,3-19,21H2,1-2H3,(H,27,30). The first-order chi connectivity index (χ1) is 14.6. The molecule has 4 nitrogen and oxygen atoms in total. The van der Waals surface area contributed by atoms with Crippen LogP contribution in [0.4, 0.5) is 0 Å². The molecule has 0 bridgehead atoms. The van der Waals surface area contributed by atoms with Crippen molar-refractivity contribution in [2.45, 2.75) is 123 Å². The molecule has 174 valence electrons. The third kappa shape index (κ3) is 14.9. The number of amides is 1. The van der Waals surface area contributed by atoms with Gasteiger partial charge in [0.15, 0.2) is 0 Å². The van der Waals surface area contributed by atoms with E-state index in [1.54, 1.807) is 17.1 Å². The minimum atomic E-state index is -0.0953. The van der Waals surface area contributed by atoms with Gasteiger partial charge in [0, 0.05) is 12.7 Å². The smallest absolute Gasteiger partial charge is 0.224 e. The summed E-state index contributed by atoms with van der Waals surface area (Å²) in [5.74, 6) is 0.00427. The molecule has 1 aromatic rings. The minimum Gasteiger partial charge on any atom is -0.356 e. The molecule has 1 atom stereocenters. The Morgan fingerprint density at radius 1 is 0.900 bits per heavy atom. The van der Waals surface area contributed by atoms with E-state index in [1.807, 2.05) is 6.92 Å². The second-order valence-corrected chi connectivity index (χ2v) is 9.31. The monoisotopic (exact) mass is 439 g/mol. The Hall–Kier alpha value is -1.03. The van der Waals surface area contributed by atoms with Crippen LogP contribution in [-0.2, 0) is 11.3 Å². The minimum absolute atomic E-state index is 0.0953. The van der Waals surface area contributed by atoms with E-state index >= 15 is 0 Å². The van der Waals surface area contributed by atoms with Crippen molar-refractivity contribution in [3.05, 3.63) is 17.4 Å². The molecule has 0 spiro atoms. The van der Waals surface area contributed by atoms with Crippen LogP contribution in [0.1, 0.15) is 117 Å². The number of halogens is 1. The highest BCUT2D eigenvalue weighted by Gasteiger charge is 2.13. The number of carbonyl (C=O) groups excluding carboxylic acids is 1. The van der Waals surface area contributed by atoms with Crippen LogP contribution < -0.4 is 5.32 Å². The fraction of sp³-hybridized carbons (Fsp3) is 0.840. The molecule has 0 saturated carbocycles. The van der Waals surface area contributed by atoms with Gasteiger partial charge in [-0.05, 0) is 6.42 Å². The lowest BCUT2D eigenvalue weighted by atomic mass is 10.0. The molecular weight excluding hydrogens is 394 g/mol. The van der Waals surface area contributed by atoms with Crippen molar-refractivity contribution in [1.29, 1.82) is 0 Å². The number of unbranched alkanes of at least 4 members (excludes halogenated alkanes) is 15. The van der Waals surface area contributed by atoms with Gasteiger partial charge in [-0.15, -0.1) is 0 Å². The zero-order valence-corrected chi connectivity index (χ0v) is 20.4. The number of hydrogen-bond donors (Lipinski definition) is 1. The van der Waals surface area contributed by atoms with Crippen LogP contribution in [0.3, 0.4) is 0 Å². The van der Waals surface area contributed by atoms with Crippen LogP contribution in [-0.4, -0.2) is 22.2 Å². The van der Waals surface area contributed by atoms with E-state index in [9.17, 15) is 4.79 Å². The summed E-state index contributed by atoms with van der Waals surface area (Å²) in [5.41, 5.74) is 0. The predicted molar refractivity (Wildman–Crippen MR) is 129 cm³/mol. The Morgan fingerprint density at radius 3 is 1.80 bits per heavy atom. The molecule has 0 saturated heterocycles. The molecule has 0 aromatic carbocycles. The summed E-state index contributed by atoms with van der Waals surface area (Å²) < 4.78 is 1.72. The van der Waals surface area contributed by atoms with Gasteiger partial charge in [0.2, 0.25) is 5.91 Å². The summed E-state index contributed by atoms with van der Waals surface area (Å²) in [4.78, 5) is 12.1. The van der Waals surface area contributed by atoms with Gasteiger partial charge < -0.3 is 5.32 Å². The lowest BCUT2D eigenvalue weighted by Crippen LogP contribution is -2.32. The van der Waals surface area contributed by atoms with Gasteiger partial charge in [-0.1, -0.05) is 122 Å². The van der Waals surface area contributed by atoms with Crippen molar-refractivity contribution in [1.82, 2.24) is 15.1 Å². The molecule has 5 heteroatoms. The summed E-state index contributed by atoms with van der Waals surface area (Å²) in [6.07, 6.45) is 25.2. The average Bonchev–Trinajstić information content (AvgIpc) is 3.14. The molecule has 1 rings (SSSR count). The average molecular weight is 440 g/mol. The van der Waals surface area contributed by atoms with Crippen LogP contribution in [0.25, 0.3) is 0 Å². The van der Waals surface area contributed by atoms with Gasteiger partial charge in [0.25, 0.3) is 0 Å². The molecule has 1 unspecified atom stereocenters. The van der Waals surface area contributed by atoms with E-state index in [1.165, 1.54) is 96.3 Å². The van der Waals surface area contributed by atoms with Crippen LogP contribution in [0.2, 0.25) is 5.02 Å². The SMILES string of the molecule is CCCCCCCCCCCCCCCCCCNC(=O)C(C)Cn1cc(Cl)cn1. The maximum atomic E-state index is 12.1. The molecule has 1 aromatic heterocycles. The normalized spacial score (nSPS) is 12.2. The maximum absolute atomic E-state index is 12.1. The summed E-state index contributed by atoms with van der Waals surface area (Å²) in [5, 5.41) is 7.78. The Kier molecular flexibility index (Phi) is 16.8. The van der Waals surface area contributed by atoms with Gasteiger partial charge in [0.1, 0.15) is 0 Å². The van der Waals surface area contributed by atoms with Crippen LogP contribution in [0.5, 0.6) is 0 Å². The fourth-order valence-corrected chi connectivity index (χ4v) is 4.02. The first-order valence-electron chi connectivity index (χ1n) is 12.6. The van der Waals surface area contributed by atoms with E-state index in [0.29, 0.717) is 11.6 Å². The zero-order chi connectivity index (χ0) is 21.9. The molecule has 1 amide bonds. The third-order valence-corrected chi connectivity index (χ3v) is 6.03. The van der Waals surface area contributed by atoms with E-state index in [-0.39, 0.29) is 11.8 Å². The van der Waals surface area contributed by atoms with E-state index in [4.69, 9.17) is 11.6 Å². The molecule has 0 radical (unpaired) electrons.